The van der Waals surface area contributed by atoms with Gasteiger partial charge in [-0.05, 0) is 42.0 Å². The zero-order valence-electron chi connectivity index (χ0n) is 21.5. The molecule has 0 aromatic heterocycles. The number of aliphatic hydroxyl groups is 1. The van der Waals surface area contributed by atoms with Crippen LogP contribution in [0.5, 0.6) is 0 Å². The first-order valence-corrected chi connectivity index (χ1v) is 13.3. The molecular weight excluding hydrogens is 535 g/mol. The molecule has 1 N–H and O–H groups in total. The van der Waals surface area contributed by atoms with Crippen LogP contribution >= 0.6 is 0 Å². The Balaban J connectivity index is 0.000000598. The molecule has 2 aliphatic carbocycles. The van der Waals surface area contributed by atoms with Crippen LogP contribution in [-0.4, -0.2) is 28.2 Å². The van der Waals surface area contributed by atoms with Crippen LogP contribution in [0.4, 0.5) is 13.2 Å². The summed E-state index contributed by atoms with van der Waals surface area (Å²) in [6.45, 7) is 0.567. The first-order chi connectivity index (χ1) is 17.8. The second kappa shape index (κ2) is 13.7. The van der Waals surface area contributed by atoms with E-state index in [9.17, 15) is 23.1 Å². The van der Waals surface area contributed by atoms with Crippen molar-refractivity contribution in [2.24, 2.45) is 5.92 Å². The van der Waals surface area contributed by atoms with Crippen molar-refractivity contribution >= 4 is 5.91 Å². The number of nitrogens with zero attached hydrogens (tertiary/aromatic N) is 1. The standard InChI is InChI=1S/C25H26F3NO3.C5H10.Fe/c26-25(27,28)21-12-10-18(11-13-21)15-24(31)22(32-17-20-8-2-1-3-9-20)14-23(30)29(24)16-19-6-4-5-7-19;1-2-4-5-3-1;/h1-3,8-14,19,31H,4-7,15-17H2;1-5H2;. The van der Waals surface area contributed by atoms with Gasteiger partial charge in [0.25, 0.3) is 5.91 Å². The van der Waals surface area contributed by atoms with Gasteiger partial charge in [-0.3, -0.25) is 4.79 Å². The van der Waals surface area contributed by atoms with Gasteiger partial charge in [-0.15, -0.1) is 0 Å². The third kappa shape index (κ3) is 7.87. The Bertz CT molecular complexity index is 1040. The van der Waals surface area contributed by atoms with Gasteiger partial charge >= 0.3 is 6.18 Å². The smallest absolute Gasteiger partial charge is 0.416 e. The molecule has 1 unspecified atom stereocenters. The van der Waals surface area contributed by atoms with Gasteiger partial charge in [-0.25, -0.2) is 0 Å². The number of benzene rings is 2. The Morgan fingerprint density at radius 1 is 0.868 bits per heavy atom. The van der Waals surface area contributed by atoms with E-state index in [1.165, 1.54) is 55.2 Å². The van der Waals surface area contributed by atoms with Gasteiger partial charge in [-0.1, -0.05) is 87.4 Å². The summed E-state index contributed by atoms with van der Waals surface area (Å²) in [5.74, 6) is 0.0820. The van der Waals surface area contributed by atoms with E-state index in [2.05, 4.69) is 0 Å². The van der Waals surface area contributed by atoms with Crippen LogP contribution in [0.25, 0.3) is 0 Å². The zero-order chi connectivity index (χ0) is 26.3. The summed E-state index contributed by atoms with van der Waals surface area (Å²) in [4.78, 5) is 14.3. The van der Waals surface area contributed by atoms with E-state index in [-0.39, 0.29) is 41.8 Å². The van der Waals surface area contributed by atoms with Crippen LogP contribution in [0.3, 0.4) is 0 Å². The van der Waals surface area contributed by atoms with Gasteiger partial charge in [0.15, 0.2) is 5.76 Å². The van der Waals surface area contributed by atoms with Gasteiger partial charge in [0.1, 0.15) is 6.61 Å². The molecule has 2 aromatic carbocycles. The van der Waals surface area contributed by atoms with Crippen molar-refractivity contribution in [1.29, 1.82) is 0 Å². The quantitative estimate of drug-likeness (QED) is 0.364. The maximum Gasteiger partial charge on any atom is 0.416 e. The Labute approximate surface area is 233 Å². The Morgan fingerprint density at radius 2 is 1.45 bits per heavy atom. The largest absolute Gasteiger partial charge is 0.488 e. The van der Waals surface area contributed by atoms with Crippen LogP contribution in [0, 0.1) is 5.92 Å². The average molecular weight is 571 g/mol. The molecule has 0 saturated heterocycles. The van der Waals surface area contributed by atoms with Crippen LogP contribution in [0.2, 0.25) is 0 Å². The van der Waals surface area contributed by atoms with Crippen molar-refractivity contribution in [2.45, 2.75) is 82.7 Å². The molecular formula is C30H36F3FeNO3. The molecule has 1 heterocycles. The minimum Gasteiger partial charge on any atom is -0.488 e. The SMILES string of the molecule is C1CCCC1.O=C1C=C(OCc2ccccc2)C(O)(Cc2ccc(C(F)(F)F)cc2)N1CC1CCCC1.[Fe]. The first-order valence-electron chi connectivity index (χ1n) is 13.3. The van der Waals surface area contributed by atoms with Gasteiger partial charge in [0.05, 0.1) is 5.56 Å². The molecule has 1 atom stereocenters. The van der Waals surface area contributed by atoms with E-state index >= 15 is 0 Å². The van der Waals surface area contributed by atoms with E-state index in [0.717, 1.165) is 43.4 Å². The van der Waals surface area contributed by atoms with Crippen molar-refractivity contribution in [3.8, 4) is 0 Å². The molecule has 1 aliphatic heterocycles. The number of hydrogen-bond acceptors (Lipinski definition) is 3. The second-order valence-electron chi connectivity index (χ2n) is 10.3. The molecule has 2 fully saturated rings. The molecule has 2 saturated carbocycles. The fraction of sp³-hybridized carbons (Fsp3) is 0.500. The normalized spacial score (nSPS) is 21.5. The van der Waals surface area contributed by atoms with Crippen molar-refractivity contribution in [2.75, 3.05) is 6.54 Å². The summed E-state index contributed by atoms with van der Waals surface area (Å²) in [7, 11) is 0. The summed E-state index contributed by atoms with van der Waals surface area (Å²) >= 11 is 0. The maximum atomic E-state index is 12.9. The van der Waals surface area contributed by atoms with Crippen molar-refractivity contribution in [1.82, 2.24) is 4.90 Å². The van der Waals surface area contributed by atoms with Crippen molar-refractivity contribution in [3.63, 3.8) is 0 Å². The predicted molar refractivity (Wildman–Crippen MR) is 136 cm³/mol. The minimum atomic E-state index is -4.43. The van der Waals surface area contributed by atoms with Crippen LogP contribution < -0.4 is 0 Å². The van der Waals surface area contributed by atoms with E-state index in [1.54, 1.807) is 0 Å². The fourth-order valence-corrected chi connectivity index (χ4v) is 5.37. The van der Waals surface area contributed by atoms with Crippen LogP contribution in [-0.2, 0) is 45.8 Å². The minimum absolute atomic E-state index is 0. The van der Waals surface area contributed by atoms with Crippen molar-refractivity contribution in [3.05, 3.63) is 83.1 Å². The van der Waals surface area contributed by atoms with Crippen LogP contribution in [0.1, 0.15) is 74.5 Å². The number of carbonyl (C=O) groups excluding carboxylic acids is 1. The van der Waals surface area contributed by atoms with Gasteiger partial charge < -0.3 is 14.7 Å². The number of amides is 1. The summed E-state index contributed by atoms with van der Waals surface area (Å²) < 4.78 is 44.7. The zero-order valence-corrected chi connectivity index (χ0v) is 22.6. The maximum absolute atomic E-state index is 12.9. The van der Waals surface area contributed by atoms with E-state index < -0.39 is 17.5 Å². The third-order valence-corrected chi connectivity index (χ3v) is 7.50. The molecule has 208 valence electrons. The number of alkyl halides is 3. The molecule has 5 rings (SSSR count). The summed E-state index contributed by atoms with van der Waals surface area (Å²) in [6, 6.07) is 14.0. The third-order valence-electron chi connectivity index (χ3n) is 7.50. The molecule has 0 radical (unpaired) electrons. The summed E-state index contributed by atoms with van der Waals surface area (Å²) in [6.07, 6.45) is 8.48. The number of carbonyl (C=O) groups is 1. The molecule has 1 amide bonds. The van der Waals surface area contributed by atoms with Crippen LogP contribution in [0.15, 0.2) is 66.4 Å². The van der Waals surface area contributed by atoms with Crippen molar-refractivity contribution < 1.29 is 44.9 Å². The molecule has 8 heteroatoms. The molecule has 2 aromatic rings. The van der Waals surface area contributed by atoms with E-state index in [0.29, 0.717) is 18.0 Å². The molecule has 38 heavy (non-hydrogen) atoms. The topological polar surface area (TPSA) is 49.8 Å². The first kappa shape index (κ1) is 30.3. The van der Waals surface area contributed by atoms with E-state index in [4.69, 9.17) is 4.74 Å². The molecule has 3 aliphatic rings. The monoisotopic (exact) mass is 571 g/mol. The number of halogens is 3. The number of ether oxygens (including phenoxy) is 1. The Morgan fingerprint density at radius 3 is 2.00 bits per heavy atom. The summed E-state index contributed by atoms with van der Waals surface area (Å²) in [5.41, 5.74) is -1.13. The van der Waals surface area contributed by atoms with Gasteiger partial charge in [-0.2, -0.15) is 13.2 Å². The second-order valence-corrected chi connectivity index (χ2v) is 10.3. The van der Waals surface area contributed by atoms with E-state index in [1.807, 2.05) is 30.3 Å². The molecule has 0 bridgehead atoms. The number of rotatable bonds is 7. The van der Waals surface area contributed by atoms with Gasteiger partial charge in [0.2, 0.25) is 5.72 Å². The fourth-order valence-electron chi connectivity index (χ4n) is 5.37. The average Bonchev–Trinajstić information content (AvgIpc) is 3.65. The molecule has 4 nitrogen and oxygen atoms in total. The Kier molecular flexibility index (Phi) is 10.9. The molecule has 0 spiro atoms. The Hall–Kier alpha value is -2.28. The van der Waals surface area contributed by atoms with Gasteiger partial charge in [0, 0.05) is 36.1 Å². The predicted octanol–water partition coefficient (Wildman–Crippen LogP) is 7.02. The summed E-state index contributed by atoms with van der Waals surface area (Å²) in [5, 5.41) is 11.7. The number of hydrogen-bond donors (Lipinski definition) is 1.